The first kappa shape index (κ1) is 14.9. The van der Waals surface area contributed by atoms with Crippen molar-refractivity contribution >= 4 is 11.9 Å². The summed E-state index contributed by atoms with van der Waals surface area (Å²) in [4.78, 5) is 24.1. The monoisotopic (exact) mass is 258 g/mol. The number of morpholine rings is 1. The van der Waals surface area contributed by atoms with Gasteiger partial charge in [-0.3, -0.25) is 10.1 Å². The van der Waals surface area contributed by atoms with Crippen LogP contribution in [0.4, 0.5) is 4.79 Å². The second-order valence-corrected chi connectivity index (χ2v) is 4.90. The first-order valence-electron chi connectivity index (χ1n) is 6.58. The van der Waals surface area contributed by atoms with Gasteiger partial charge in [0.25, 0.3) is 5.91 Å². The maximum Gasteiger partial charge on any atom is 0.321 e. The Morgan fingerprint density at radius 1 is 1.28 bits per heavy atom. The number of urea groups is 1. The van der Waals surface area contributed by atoms with Crippen LogP contribution < -0.4 is 15.5 Å². The molecule has 1 aliphatic rings. The van der Waals surface area contributed by atoms with Crippen LogP contribution in [0.15, 0.2) is 0 Å². The van der Waals surface area contributed by atoms with E-state index in [1.54, 1.807) is 0 Å². The van der Waals surface area contributed by atoms with Crippen LogP contribution in [0.3, 0.4) is 0 Å². The van der Waals surface area contributed by atoms with E-state index >= 15 is 0 Å². The first-order chi connectivity index (χ1) is 8.51. The average Bonchev–Trinajstić information content (AvgIpc) is 2.24. The smallest absolute Gasteiger partial charge is 0.321 e. The summed E-state index contributed by atoms with van der Waals surface area (Å²) in [7, 11) is 0. The van der Waals surface area contributed by atoms with Crippen LogP contribution in [0.5, 0.6) is 0 Å². The van der Waals surface area contributed by atoms with E-state index in [0.29, 0.717) is 13.1 Å². The third-order valence-corrected chi connectivity index (χ3v) is 2.82. The maximum atomic E-state index is 11.7. The minimum absolute atomic E-state index is 0.158. The Kier molecular flexibility index (Phi) is 6.07. The predicted molar refractivity (Wildman–Crippen MR) is 67.4 cm³/mol. The Morgan fingerprint density at radius 3 is 2.44 bits per heavy atom. The molecule has 1 saturated heterocycles. The number of carbonyl (C=O) groups excluding carboxylic acids is 2. The van der Waals surface area contributed by atoms with Gasteiger partial charge in [-0.15, -0.1) is 0 Å². The quantitative estimate of drug-likeness (QED) is 0.600. The number of rotatable bonds is 4. The summed E-state index contributed by atoms with van der Waals surface area (Å²) in [6.45, 7) is 8.46. The highest BCUT2D eigenvalue weighted by molar-refractivity contribution is 5.94. The molecule has 0 aliphatic carbocycles. The van der Waals surface area contributed by atoms with E-state index in [0.717, 1.165) is 24.4 Å². The molecule has 0 aromatic carbocycles. The van der Waals surface area contributed by atoms with E-state index in [-0.39, 0.29) is 18.1 Å². The lowest BCUT2D eigenvalue weighted by Crippen LogP contribution is -3.16. The Morgan fingerprint density at radius 2 is 1.89 bits per heavy atom. The van der Waals surface area contributed by atoms with Gasteiger partial charge in [0.15, 0.2) is 6.54 Å². The molecule has 1 fully saturated rings. The Balaban J connectivity index is 2.29. The maximum absolute atomic E-state index is 11.7. The molecule has 0 spiro atoms. The molecule has 0 bridgehead atoms. The number of hydrogen-bond acceptors (Lipinski definition) is 3. The fraction of sp³-hybridized carbons (Fsp3) is 0.833. The molecule has 18 heavy (non-hydrogen) atoms. The van der Waals surface area contributed by atoms with Gasteiger partial charge in [-0.2, -0.15) is 0 Å². The van der Waals surface area contributed by atoms with Crippen LogP contribution >= 0.6 is 0 Å². The molecule has 0 radical (unpaired) electrons. The molecule has 3 N–H and O–H groups in total. The van der Waals surface area contributed by atoms with Gasteiger partial charge in [0.05, 0.1) is 0 Å². The number of nitrogens with one attached hydrogen (secondary N) is 3. The molecule has 2 atom stereocenters. The molecule has 6 heteroatoms. The minimum Gasteiger partial charge on any atom is -0.364 e. The van der Waals surface area contributed by atoms with Gasteiger partial charge in [0.1, 0.15) is 25.3 Å². The van der Waals surface area contributed by atoms with E-state index in [2.05, 4.69) is 10.6 Å². The lowest BCUT2D eigenvalue weighted by molar-refractivity contribution is -0.907. The van der Waals surface area contributed by atoms with Gasteiger partial charge >= 0.3 is 6.03 Å². The number of imide groups is 1. The van der Waals surface area contributed by atoms with Crippen LogP contribution in [0, 0.1) is 0 Å². The second-order valence-electron chi connectivity index (χ2n) is 4.90. The summed E-state index contributed by atoms with van der Waals surface area (Å²) in [5.74, 6) is -0.236. The highest BCUT2D eigenvalue weighted by Gasteiger charge is 2.27. The van der Waals surface area contributed by atoms with Crippen molar-refractivity contribution < 1.29 is 19.2 Å². The van der Waals surface area contributed by atoms with Gasteiger partial charge in [-0.25, -0.2) is 4.79 Å². The molecule has 1 aliphatic heterocycles. The fourth-order valence-electron chi connectivity index (χ4n) is 2.21. The van der Waals surface area contributed by atoms with Crippen molar-refractivity contribution in [2.75, 3.05) is 26.2 Å². The van der Waals surface area contributed by atoms with E-state index in [9.17, 15) is 9.59 Å². The Hall–Kier alpha value is -1.14. The van der Waals surface area contributed by atoms with Crippen molar-refractivity contribution in [2.24, 2.45) is 0 Å². The fourth-order valence-corrected chi connectivity index (χ4v) is 2.21. The van der Waals surface area contributed by atoms with E-state index < -0.39 is 6.03 Å². The molecule has 0 aromatic rings. The number of carbonyl (C=O) groups is 2. The van der Waals surface area contributed by atoms with Gasteiger partial charge in [0.2, 0.25) is 0 Å². The number of ether oxygens (including phenoxy) is 1. The highest BCUT2D eigenvalue weighted by atomic mass is 16.5. The molecule has 6 nitrogen and oxygen atoms in total. The summed E-state index contributed by atoms with van der Waals surface area (Å²) >= 11 is 0. The average molecular weight is 258 g/mol. The lowest BCUT2D eigenvalue weighted by Gasteiger charge is -2.31. The zero-order valence-corrected chi connectivity index (χ0v) is 11.4. The van der Waals surface area contributed by atoms with Crippen LogP contribution in [0.2, 0.25) is 0 Å². The lowest BCUT2D eigenvalue weighted by atomic mass is 10.2. The third kappa shape index (κ3) is 5.46. The zero-order chi connectivity index (χ0) is 13.5. The second kappa shape index (κ2) is 7.33. The summed E-state index contributed by atoms with van der Waals surface area (Å²) < 4.78 is 5.60. The predicted octanol–water partition coefficient (Wildman–Crippen LogP) is -1.09. The Bertz CT molecular complexity index is 286. The summed E-state index contributed by atoms with van der Waals surface area (Å²) in [5.41, 5.74) is 0. The topological polar surface area (TPSA) is 71.9 Å². The Labute approximate surface area is 108 Å². The summed E-state index contributed by atoms with van der Waals surface area (Å²) in [5, 5.41) is 4.95. The normalized spacial score (nSPS) is 27.6. The van der Waals surface area contributed by atoms with E-state index in [1.807, 2.05) is 20.8 Å². The zero-order valence-electron chi connectivity index (χ0n) is 11.4. The molecular formula is C12H24N3O3+. The summed E-state index contributed by atoms with van der Waals surface area (Å²) in [6.07, 6.45) is 1.17. The SMILES string of the molecule is CCCNC(=O)NC(=O)C[NH+]1C[C@H](C)O[C@@H](C)C1. The van der Waals surface area contributed by atoms with Crippen molar-refractivity contribution in [1.82, 2.24) is 10.6 Å². The van der Waals surface area contributed by atoms with Crippen molar-refractivity contribution in [3.05, 3.63) is 0 Å². The largest absolute Gasteiger partial charge is 0.364 e. The number of hydrogen-bond donors (Lipinski definition) is 3. The van der Waals surface area contributed by atoms with Crippen LogP contribution in [0.25, 0.3) is 0 Å². The van der Waals surface area contributed by atoms with E-state index in [4.69, 9.17) is 4.74 Å². The highest BCUT2D eigenvalue weighted by Crippen LogP contribution is 1.97. The van der Waals surface area contributed by atoms with Gasteiger partial charge < -0.3 is 15.0 Å². The van der Waals surface area contributed by atoms with Crippen molar-refractivity contribution in [3.63, 3.8) is 0 Å². The number of amides is 3. The molecule has 104 valence electrons. The third-order valence-electron chi connectivity index (χ3n) is 2.82. The van der Waals surface area contributed by atoms with Crippen LogP contribution in [0.1, 0.15) is 27.2 Å². The molecule has 1 rings (SSSR count). The molecule has 0 unspecified atom stereocenters. The molecule has 0 aromatic heterocycles. The van der Waals surface area contributed by atoms with Crippen molar-refractivity contribution in [2.45, 2.75) is 39.4 Å². The first-order valence-corrected chi connectivity index (χ1v) is 6.58. The summed E-state index contributed by atoms with van der Waals surface area (Å²) in [6, 6.07) is -0.407. The molecular weight excluding hydrogens is 234 g/mol. The van der Waals surface area contributed by atoms with Gasteiger partial charge in [0, 0.05) is 6.54 Å². The van der Waals surface area contributed by atoms with E-state index in [1.165, 1.54) is 0 Å². The number of quaternary nitrogens is 1. The van der Waals surface area contributed by atoms with Gasteiger partial charge in [-0.05, 0) is 20.3 Å². The minimum atomic E-state index is -0.407. The van der Waals surface area contributed by atoms with Crippen LogP contribution in [-0.2, 0) is 9.53 Å². The van der Waals surface area contributed by atoms with Crippen molar-refractivity contribution in [3.8, 4) is 0 Å². The standard InChI is InChI=1S/C12H23N3O3/c1-4-5-13-12(17)14-11(16)8-15-6-9(2)18-10(3)7-15/h9-10H,4-8H2,1-3H3,(H2,13,14,16,17)/p+1/t9-,10-/m0/s1. The molecule has 0 saturated carbocycles. The van der Waals surface area contributed by atoms with Gasteiger partial charge in [-0.1, -0.05) is 6.92 Å². The molecule has 3 amide bonds. The van der Waals surface area contributed by atoms with Crippen molar-refractivity contribution in [1.29, 1.82) is 0 Å². The molecule has 1 heterocycles. The van der Waals surface area contributed by atoms with Crippen LogP contribution in [-0.4, -0.2) is 50.3 Å².